The molecule has 0 heterocycles. The van der Waals surface area contributed by atoms with Crippen LogP contribution in [0, 0.1) is 6.92 Å². The monoisotopic (exact) mass is 237 g/mol. The number of benzene rings is 1. The maximum atomic E-state index is 11.9. The van der Waals surface area contributed by atoms with Crippen LogP contribution < -0.4 is 5.73 Å². The molecule has 0 radical (unpaired) electrons. The molecule has 0 saturated carbocycles. The summed E-state index contributed by atoms with van der Waals surface area (Å²) < 4.78 is 0. The molecule has 92 valence electrons. The molecule has 2 unspecified atom stereocenters. The van der Waals surface area contributed by atoms with E-state index in [4.69, 9.17) is 10.8 Å². The molecule has 17 heavy (non-hydrogen) atoms. The second-order valence-electron chi connectivity index (χ2n) is 3.87. The molecule has 4 N–H and O–H groups in total. The van der Waals surface area contributed by atoms with Crippen LogP contribution in [-0.4, -0.2) is 34.1 Å². The topological polar surface area (TPSA) is 101 Å². The molecule has 0 aliphatic heterocycles. The number of Topliss-reactive ketones (excluding diaryl/α,β-unsaturated/α-hetero) is 1. The predicted molar refractivity (Wildman–Crippen MR) is 61.7 cm³/mol. The van der Waals surface area contributed by atoms with Crippen LogP contribution in [0.1, 0.15) is 22.3 Å². The third-order valence-electron chi connectivity index (χ3n) is 2.51. The van der Waals surface area contributed by atoms with E-state index in [1.165, 1.54) is 0 Å². The number of carboxylic acids is 1. The summed E-state index contributed by atoms with van der Waals surface area (Å²) >= 11 is 0. The van der Waals surface area contributed by atoms with Gasteiger partial charge in [-0.05, 0) is 12.5 Å². The summed E-state index contributed by atoms with van der Waals surface area (Å²) in [6.45, 7) is 1.75. The summed E-state index contributed by atoms with van der Waals surface area (Å²) in [5, 5.41) is 18.0. The van der Waals surface area contributed by atoms with Gasteiger partial charge in [0.2, 0.25) is 0 Å². The molecule has 0 saturated heterocycles. The van der Waals surface area contributed by atoms with Crippen molar-refractivity contribution in [1.82, 2.24) is 0 Å². The number of hydrogen-bond acceptors (Lipinski definition) is 4. The Morgan fingerprint density at radius 3 is 2.47 bits per heavy atom. The Morgan fingerprint density at radius 2 is 1.94 bits per heavy atom. The molecule has 0 amide bonds. The van der Waals surface area contributed by atoms with Crippen molar-refractivity contribution in [2.75, 3.05) is 0 Å². The average Bonchev–Trinajstić information content (AvgIpc) is 2.27. The number of rotatable bonds is 5. The maximum Gasteiger partial charge on any atom is 0.306 e. The molecule has 0 spiro atoms. The lowest BCUT2D eigenvalue weighted by Gasteiger charge is -2.16. The largest absolute Gasteiger partial charge is 0.481 e. The van der Waals surface area contributed by atoms with E-state index in [0.717, 1.165) is 5.56 Å². The van der Waals surface area contributed by atoms with E-state index in [0.29, 0.717) is 5.56 Å². The molecule has 0 aromatic heterocycles. The highest BCUT2D eigenvalue weighted by molar-refractivity contribution is 6.01. The number of carbonyl (C=O) groups excluding carboxylic acids is 1. The second kappa shape index (κ2) is 5.56. The zero-order valence-corrected chi connectivity index (χ0v) is 9.46. The minimum Gasteiger partial charge on any atom is -0.481 e. The van der Waals surface area contributed by atoms with Gasteiger partial charge < -0.3 is 15.9 Å². The van der Waals surface area contributed by atoms with Crippen molar-refractivity contribution in [3.8, 4) is 0 Å². The Hall–Kier alpha value is -1.72. The van der Waals surface area contributed by atoms with Crippen LogP contribution in [0.25, 0.3) is 0 Å². The normalized spacial score (nSPS) is 14.1. The number of nitrogens with two attached hydrogens (primary N) is 1. The minimum atomic E-state index is -1.38. The average molecular weight is 237 g/mol. The van der Waals surface area contributed by atoms with Crippen LogP contribution in [0.5, 0.6) is 0 Å². The Bertz CT molecular complexity index is 430. The van der Waals surface area contributed by atoms with Gasteiger partial charge in [0.25, 0.3) is 0 Å². The van der Waals surface area contributed by atoms with E-state index in [2.05, 4.69) is 0 Å². The van der Waals surface area contributed by atoms with Crippen molar-refractivity contribution in [3.05, 3.63) is 35.4 Å². The molecule has 0 fully saturated rings. The fourth-order valence-corrected chi connectivity index (χ4v) is 1.51. The lowest BCUT2D eigenvalue weighted by Crippen LogP contribution is -2.43. The van der Waals surface area contributed by atoms with Gasteiger partial charge in [0.15, 0.2) is 5.78 Å². The highest BCUT2D eigenvalue weighted by atomic mass is 16.4. The van der Waals surface area contributed by atoms with Crippen molar-refractivity contribution < 1.29 is 19.8 Å². The molecule has 0 bridgehead atoms. The van der Waals surface area contributed by atoms with Crippen molar-refractivity contribution in [2.24, 2.45) is 5.73 Å². The first kappa shape index (κ1) is 13.3. The SMILES string of the molecule is Cc1ccccc1C(=O)C(N)C(O)CC(=O)O. The smallest absolute Gasteiger partial charge is 0.306 e. The van der Waals surface area contributed by atoms with Gasteiger partial charge in [0.05, 0.1) is 18.6 Å². The van der Waals surface area contributed by atoms with Gasteiger partial charge in [0.1, 0.15) is 0 Å². The fraction of sp³-hybridized carbons (Fsp3) is 0.333. The third kappa shape index (κ3) is 3.37. The first-order chi connectivity index (χ1) is 7.93. The summed E-state index contributed by atoms with van der Waals surface area (Å²) in [5.74, 6) is -1.64. The standard InChI is InChI=1S/C12H15NO4/c1-7-4-2-3-5-8(7)12(17)11(13)9(14)6-10(15)16/h2-5,9,11,14H,6,13H2,1H3,(H,15,16). The van der Waals surface area contributed by atoms with Gasteiger partial charge in [0, 0.05) is 5.56 Å². The second-order valence-corrected chi connectivity index (χ2v) is 3.87. The van der Waals surface area contributed by atoms with Gasteiger partial charge in [-0.2, -0.15) is 0 Å². The van der Waals surface area contributed by atoms with Gasteiger partial charge >= 0.3 is 5.97 Å². The van der Waals surface area contributed by atoms with Crippen molar-refractivity contribution in [3.63, 3.8) is 0 Å². The number of hydrogen-bond donors (Lipinski definition) is 3. The summed E-state index contributed by atoms with van der Waals surface area (Å²) in [6, 6.07) is 5.61. The van der Waals surface area contributed by atoms with E-state index in [1.54, 1.807) is 31.2 Å². The molecular weight excluding hydrogens is 222 g/mol. The predicted octanol–water partition coefficient (Wildman–Crippen LogP) is 0.341. The fourth-order valence-electron chi connectivity index (χ4n) is 1.51. The zero-order valence-electron chi connectivity index (χ0n) is 9.46. The van der Waals surface area contributed by atoms with E-state index in [9.17, 15) is 14.7 Å². The molecule has 0 aliphatic rings. The van der Waals surface area contributed by atoms with Gasteiger partial charge in [-0.1, -0.05) is 24.3 Å². The molecule has 1 aromatic carbocycles. The summed E-state index contributed by atoms with van der Waals surface area (Å²) in [7, 11) is 0. The molecule has 1 aromatic rings. The molecule has 0 aliphatic carbocycles. The number of carboxylic acid groups (broad SMARTS) is 1. The molecule has 1 rings (SSSR count). The maximum absolute atomic E-state index is 11.9. The van der Waals surface area contributed by atoms with E-state index < -0.39 is 30.3 Å². The quantitative estimate of drug-likeness (QED) is 0.641. The summed E-state index contributed by atoms with van der Waals surface area (Å²) in [5.41, 5.74) is 6.70. The zero-order chi connectivity index (χ0) is 13.0. The molecule has 5 heteroatoms. The van der Waals surface area contributed by atoms with Crippen molar-refractivity contribution in [1.29, 1.82) is 0 Å². The Balaban J connectivity index is 2.83. The number of aryl methyl sites for hydroxylation is 1. The van der Waals surface area contributed by atoms with Gasteiger partial charge in [-0.3, -0.25) is 9.59 Å². The third-order valence-corrected chi connectivity index (χ3v) is 2.51. The lowest BCUT2D eigenvalue weighted by molar-refractivity contribution is -0.139. The molecular formula is C12H15NO4. The number of aliphatic hydroxyl groups excluding tert-OH is 1. The van der Waals surface area contributed by atoms with Gasteiger partial charge in [-0.25, -0.2) is 0 Å². The number of aliphatic hydroxyl groups is 1. The lowest BCUT2D eigenvalue weighted by atomic mass is 9.96. The van der Waals surface area contributed by atoms with Crippen LogP contribution in [-0.2, 0) is 4.79 Å². The van der Waals surface area contributed by atoms with Crippen LogP contribution in [0.3, 0.4) is 0 Å². The first-order valence-corrected chi connectivity index (χ1v) is 5.18. The Morgan fingerprint density at radius 1 is 1.35 bits per heavy atom. The first-order valence-electron chi connectivity index (χ1n) is 5.18. The summed E-state index contributed by atoms with van der Waals surface area (Å²) in [4.78, 5) is 22.3. The van der Waals surface area contributed by atoms with Crippen molar-refractivity contribution in [2.45, 2.75) is 25.5 Å². The molecule has 2 atom stereocenters. The van der Waals surface area contributed by atoms with Crippen LogP contribution >= 0.6 is 0 Å². The van der Waals surface area contributed by atoms with E-state index in [1.807, 2.05) is 0 Å². The Labute approximate surface area is 98.9 Å². The van der Waals surface area contributed by atoms with Crippen LogP contribution in [0.2, 0.25) is 0 Å². The van der Waals surface area contributed by atoms with E-state index >= 15 is 0 Å². The number of aliphatic carboxylic acids is 1. The minimum absolute atomic E-state index is 0.407. The molecule has 5 nitrogen and oxygen atoms in total. The van der Waals surface area contributed by atoms with Crippen LogP contribution in [0.15, 0.2) is 24.3 Å². The van der Waals surface area contributed by atoms with E-state index in [-0.39, 0.29) is 0 Å². The number of carbonyl (C=O) groups is 2. The highest BCUT2D eigenvalue weighted by Crippen LogP contribution is 2.11. The van der Waals surface area contributed by atoms with Gasteiger partial charge in [-0.15, -0.1) is 0 Å². The van der Waals surface area contributed by atoms with Crippen LogP contribution in [0.4, 0.5) is 0 Å². The summed E-state index contributed by atoms with van der Waals surface area (Å²) in [6.07, 6.45) is -1.92. The highest BCUT2D eigenvalue weighted by Gasteiger charge is 2.26. The van der Waals surface area contributed by atoms with Crippen molar-refractivity contribution >= 4 is 11.8 Å². The number of ketones is 1. The Kier molecular flexibility index (Phi) is 4.37.